The molecular formula is C14H24BrN3O. The number of aromatic nitrogens is 2. The molecule has 0 amide bonds. The molecule has 1 aromatic heterocycles. The van der Waals surface area contributed by atoms with Crippen molar-refractivity contribution in [2.24, 2.45) is 0 Å². The predicted octanol–water partition coefficient (Wildman–Crippen LogP) is 3.45. The van der Waals surface area contributed by atoms with E-state index in [2.05, 4.69) is 58.7 Å². The highest BCUT2D eigenvalue weighted by Gasteiger charge is 2.41. The summed E-state index contributed by atoms with van der Waals surface area (Å²) in [5, 5.41) is 8.08. The summed E-state index contributed by atoms with van der Waals surface area (Å²) in [6, 6.07) is 0.506. The molecule has 0 bridgehead atoms. The van der Waals surface area contributed by atoms with Gasteiger partial charge in [0.2, 0.25) is 0 Å². The van der Waals surface area contributed by atoms with Crippen LogP contribution in [0.5, 0.6) is 0 Å². The predicted molar refractivity (Wildman–Crippen MR) is 80.3 cm³/mol. The monoisotopic (exact) mass is 329 g/mol. The SMILES string of the molecule is CCNC(c1c(Br)cnn1C(C)C)C1(C)CCCO1. The minimum absolute atomic E-state index is 0.148. The Morgan fingerprint density at radius 3 is 2.84 bits per heavy atom. The van der Waals surface area contributed by atoms with Crippen LogP contribution < -0.4 is 5.32 Å². The minimum atomic E-state index is -0.148. The Morgan fingerprint density at radius 2 is 2.32 bits per heavy atom. The van der Waals surface area contributed by atoms with Crippen molar-refractivity contribution in [2.75, 3.05) is 13.2 Å². The third kappa shape index (κ3) is 2.88. The summed E-state index contributed by atoms with van der Waals surface area (Å²) in [7, 11) is 0. The molecule has 5 heteroatoms. The van der Waals surface area contributed by atoms with Gasteiger partial charge in [-0.1, -0.05) is 6.92 Å². The van der Waals surface area contributed by atoms with Gasteiger partial charge < -0.3 is 10.1 Å². The third-order valence-electron chi connectivity index (χ3n) is 3.82. The molecule has 19 heavy (non-hydrogen) atoms. The fraction of sp³-hybridized carbons (Fsp3) is 0.786. The highest BCUT2D eigenvalue weighted by molar-refractivity contribution is 9.10. The maximum atomic E-state index is 6.04. The van der Waals surface area contributed by atoms with Gasteiger partial charge in [-0.2, -0.15) is 5.10 Å². The number of hydrogen-bond donors (Lipinski definition) is 1. The van der Waals surface area contributed by atoms with Crippen LogP contribution in [0.3, 0.4) is 0 Å². The van der Waals surface area contributed by atoms with Gasteiger partial charge in [0.1, 0.15) is 0 Å². The molecule has 2 unspecified atom stereocenters. The molecule has 1 saturated heterocycles. The van der Waals surface area contributed by atoms with Crippen LogP contribution in [-0.2, 0) is 4.74 Å². The largest absolute Gasteiger partial charge is 0.373 e. The number of ether oxygens (including phenoxy) is 1. The van der Waals surface area contributed by atoms with Crippen LogP contribution in [0.15, 0.2) is 10.7 Å². The number of nitrogens with zero attached hydrogens (tertiary/aromatic N) is 2. The van der Waals surface area contributed by atoms with E-state index in [1.54, 1.807) is 0 Å². The van der Waals surface area contributed by atoms with Crippen LogP contribution in [0.2, 0.25) is 0 Å². The lowest BCUT2D eigenvalue weighted by molar-refractivity contribution is -0.0148. The molecule has 0 radical (unpaired) electrons. The smallest absolute Gasteiger partial charge is 0.0864 e. The van der Waals surface area contributed by atoms with Crippen molar-refractivity contribution in [3.8, 4) is 0 Å². The van der Waals surface area contributed by atoms with Crippen LogP contribution in [0.1, 0.15) is 58.3 Å². The highest BCUT2D eigenvalue weighted by atomic mass is 79.9. The van der Waals surface area contributed by atoms with Crippen molar-refractivity contribution < 1.29 is 4.74 Å². The highest BCUT2D eigenvalue weighted by Crippen LogP contribution is 2.40. The number of halogens is 1. The van der Waals surface area contributed by atoms with E-state index < -0.39 is 0 Å². The van der Waals surface area contributed by atoms with Gasteiger partial charge in [0.25, 0.3) is 0 Å². The van der Waals surface area contributed by atoms with Crippen molar-refractivity contribution in [3.63, 3.8) is 0 Å². The first kappa shape index (κ1) is 15.0. The van der Waals surface area contributed by atoms with E-state index in [4.69, 9.17) is 4.74 Å². The normalized spacial score (nSPS) is 25.2. The quantitative estimate of drug-likeness (QED) is 0.899. The maximum absolute atomic E-state index is 6.04. The Kier molecular flexibility index (Phi) is 4.69. The van der Waals surface area contributed by atoms with Gasteiger partial charge in [-0.05, 0) is 56.1 Å². The second-order valence-electron chi connectivity index (χ2n) is 5.67. The Balaban J connectivity index is 2.41. The minimum Gasteiger partial charge on any atom is -0.373 e. The van der Waals surface area contributed by atoms with E-state index >= 15 is 0 Å². The van der Waals surface area contributed by atoms with Crippen LogP contribution in [0.4, 0.5) is 0 Å². The van der Waals surface area contributed by atoms with Gasteiger partial charge in [0, 0.05) is 12.6 Å². The molecule has 0 spiro atoms. The summed E-state index contributed by atoms with van der Waals surface area (Å²) in [6.45, 7) is 10.4. The first-order valence-electron chi connectivity index (χ1n) is 7.10. The molecule has 0 aliphatic carbocycles. The zero-order chi connectivity index (χ0) is 14.0. The molecule has 4 nitrogen and oxygen atoms in total. The zero-order valence-corrected chi connectivity index (χ0v) is 13.8. The second kappa shape index (κ2) is 5.94. The van der Waals surface area contributed by atoms with Gasteiger partial charge in [-0.15, -0.1) is 0 Å². The first-order valence-corrected chi connectivity index (χ1v) is 7.89. The summed E-state index contributed by atoms with van der Waals surface area (Å²) in [5.41, 5.74) is 1.05. The molecule has 1 aliphatic rings. The van der Waals surface area contributed by atoms with Crippen LogP contribution in [0.25, 0.3) is 0 Å². The lowest BCUT2D eigenvalue weighted by Gasteiger charge is -2.35. The molecule has 2 rings (SSSR count). The molecule has 2 atom stereocenters. The van der Waals surface area contributed by atoms with Crippen LogP contribution >= 0.6 is 15.9 Å². The summed E-state index contributed by atoms with van der Waals surface area (Å²) < 4.78 is 9.19. The molecule has 2 heterocycles. The molecule has 1 aromatic rings. The van der Waals surface area contributed by atoms with E-state index in [1.165, 1.54) is 5.69 Å². The average Bonchev–Trinajstić information content (AvgIpc) is 2.94. The van der Waals surface area contributed by atoms with Gasteiger partial charge in [0.15, 0.2) is 0 Å². The third-order valence-corrected chi connectivity index (χ3v) is 4.43. The van der Waals surface area contributed by atoms with E-state index in [1.807, 2.05) is 6.20 Å². The van der Waals surface area contributed by atoms with Gasteiger partial charge in [-0.3, -0.25) is 4.68 Å². The van der Waals surface area contributed by atoms with Crippen molar-refractivity contribution in [1.29, 1.82) is 0 Å². The first-order chi connectivity index (χ1) is 8.99. The van der Waals surface area contributed by atoms with E-state index in [9.17, 15) is 0 Å². The Labute approximate surface area is 124 Å². The molecule has 0 aromatic carbocycles. The Hall–Kier alpha value is -0.390. The molecule has 0 saturated carbocycles. The number of rotatable bonds is 5. The standard InChI is InChI=1S/C14H24BrN3O/c1-5-16-13(14(4)7-6-8-19-14)12-11(15)9-17-18(12)10(2)3/h9-10,13,16H,5-8H2,1-4H3. The topological polar surface area (TPSA) is 39.1 Å². The van der Waals surface area contributed by atoms with Crippen LogP contribution in [-0.4, -0.2) is 28.5 Å². The van der Waals surface area contributed by atoms with E-state index in [0.29, 0.717) is 6.04 Å². The fourth-order valence-electron chi connectivity index (χ4n) is 2.87. The number of hydrogen-bond acceptors (Lipinski definition) is 3. The summed E-state index contributed by atoms with van der Waals surface area (Å²) in [4.78, 5) is 0. The van der Waals surface area contributed by atoms with E-state index in [-0.39, 0.29) is 11.6 Å². The molecule has 1 aliphatic heterocycles. The Morgan fingerprint density at radius 1 is 1.58 bits per heavy atom. The zero-order valence-electron chi connectivity index (χ0n) is 12.2. The lowest BCUT2D eigenvalue weighted by atomic mass is 9.90. The van der Waals surface area contributed by atoms with Crippen molar-refractivity contribution in [3.05, 3.63) is 16.4 Å². The summed E-state index contributed by atoms with van der Waals surface area (Å²) in [5.74, 6) is 0. The molecule has 1 fully saturated rings. The lowest BCUT2D eigenvalue weighted by Crippen LogP contribution is -2.42. The molecular weight excluding hydrogens is 306 g/mol. The van der Waals surface area contributed by atoms with Crippen molar-refractivity contribution >= 4 is 15.9 Å². The summed E-state index contributed by atoms with van der Waals surface area (Å²) >= 11 is 3.65. The van der Waals surface area contributed by atoms with Crippen molar-refractivity contribution in [1.82, 2.24) is 15.1 Å². The van der Waals surface area contributed by atoms with Crippen LogP contribution in [0, 0.1) is 0 Å². The van der Waals surface area contributed by atoms with Gasteiger partial charge in [-0.25, -0.2) is 0 Å². The van der Waals surface area contributed by atoms with Gasteiger partial charge >= 0.3 is 0 Å². The van der Waals surface area contributed by atoms with Gasteiger partial charge in [0.05, 0.1) is 28.0 Å². The average molecular weight is 330 g/mol. The van der Waals surface area contributed by atoms with E-state index in [0.717, 1.165) is 30.5 Å². The number of nitrogens with one attached hydrogen (secondary N) is 1. The number of likely N-dealkylation sites (N-methyl/N-ethyl adjacent to an activating group) is 1. The van der Waals surface area contributed by atoms with Crippen molar-refractivity contribution in [2.45, 2.75) is 58.2 Å². The molecule has 1 N–H and O–H groups in total. The fourth-order valence-corrected chi connectivity index (χ4v) is 3.37. The maximum Gasteiger partial charge on any atom is 0.0864 e. The summed E-state index contributed by atoms with van der Waals surface area (Å²) in [6.07, 6.45) is 4.10. The molecule has 108 valence electrons. The second-order valence-corrected chi connectivity index (χ2v) is 6.53. The Bertz CT molecular complexity index is 424.